The predicted molar refractivity (Wildman–Crippen MR) is 68.0 cm³/mol. The molecule has 15 heavy (non-hydrogen) atoms. The maximum atomic E-state index is 3.55. The fourth-order valence-corrected chi connectivity index (χ4v) is 2.63. The average Bonchev–Trinajstić information content (AvgIpc) is 2.66. The molecule has 0 aromatic heterocycles. The summed E-state index contributed by atoms with van der Waals surface area (Å²) in [5.41, 5.74) is 0. The van der Waals surface area contributed by atoms with Crippen LogP contribution in [0.1, 0.15) is 59.8 Å². The van der Waals surface area contributed by atoms with Gasteiger partial charge in [-0.3, -0.25) is 0 Å². The molecule has 0 aromatic carbocycles. The van der Waals surface area contributed by atoms with E-state index in [1.165, 1.54) is 38.6 Å². The maximum Gasteiger partial charge on any atom is 0.00104 e. The summed E-state index contributed by atoms with van der Waals surface area (Å²) in [7, 11) is 0. The summed E-state index contributed by atoms with van der Waals surface area (Å²) >= 11 is 0. The van der Waals surface area contributed by atoms with E-state index < -0.39 is 0 Å². The van der Waals surface area contributed by atoms with Crippen molar-refractivity contribution in [3.8, 4) is 0 Å². The molecule has 0 heterocycles. The molecule has 1 fully saturated rings. The fraction of sp³-hybridized carbons (Fsp3) is 1.00. The molecule has 1 aliphatic carbocycles. The molecule has 0 amide bonds. The molecule has 0 aromatic rings. The summed E-state index contributed by atoms with van der Waals surface area (Å²) in [5, 5.41) is 3.55. The van der Waals surface area contributed by atoms with E-state index in [9.17, 15) is 0 Å². The van der Waals surface area contributed by atoms with Crippen molar-refractivity contribution in [3.05, 3.63) is 0 Å². The fourth-order valence-electron chi connectivity index (χ4n) is 2.63. The lowest BCUT2D eigenvalue weighted by atomic mass is 9.86. The predicted octanol–water partition coefficient (Wildman–Crippen LogP) is 3.84. The van der Waals surface area contributed by atoms with Crippen molar-refractivity contribution in [1.82, 2.24) is 5.32 Å². The molecule has 1 heteroatoms. The molecule has 0 spiro atoms. The Bertz CT molecular complexity index is 159. The lowest BCUT2D eigenvalue weighted by Crippen LogP contribution is -2.30. The number of nitrogens with one attached hydrogen (secondary N) is 1. The quantitative estimate of drug-likeness (QED) is 0.704. The van der Waals surface area contributed by atoms with Gasteiger partial charge in [-0.2, -0.15) is 0 Å². The molecule has 2 atom stereocenters. The molecule has 1 nitrogen and oxygen atoms in total. The zero-order valence-electron chi connectivity index (χ0n) is 11.1. The highest BCUT2D eigenvalue weighted by Gasteiger charge is 2.20. The lowest BCUT2D eigenvalue weighted by molar-refractivity contribution is 0.291. The van der Waals surface area contributed by atoms with E-state index in [4.69, 9.17) is 0 Å². The molecule has 0 radical (unpaired) electrons. The van der Waals surface area contributed by atoms with Gasteiger partial charge in [0, 0.05) is 6.04 Å². The highest BCUT2D eigenvalue weighted by Crippen LogP contribution is 2.32. The topological polar surface area (TPSA) is 12.0 Å². The third-order valence-electron chi connectivity index (χ3n) is 4.00. The second-order valence-corrected chi connectivity index (χ2v) is 5.90. The van der Waals surface area contributed by atoms with Crippen molar-refractivity contribution in [1.29, 1.82) is 0 Å². The zero-order valence-corrected chi connectivity index (χ0v) is 11.1. The highest BCUT2D eigenvalue weighted by atomic mass is 14.9. The Kier molecular flexibility index (Phi) is 5.66. The van der Waals surface area contributed by atoms with Crippen LogP contribution in [0.25, 0.3) is 0 Å². The molecule has 90 valence electrons. The number of hydrogen-bond donors (Lipinski definition) is 1. The molecule has 1 rings (SSSR count). The summed E-state index contributed by atoms with van der Waals surface area (Å²) in [6.45, 7) is 10.5. The van der Waals surface area contributed by atoms with Crippen molar-refractivity contribution >= 4 is 0 Å². The Morgan fingerprint density at radius 2 is 1.60 bits per heavy atom. The van der Waals surface area contributed by atoms with Crippen molar-refractivity contribution in [2.45, 2.75) is 65.8 Å². The van der Waals surface area contributed by atoms with Gasteiger partial charge in [-0.05, 0) is 30.7 Å². The Morgan fingerprint density at radius 3 is 2.13 bits per heavy atom. The van der Waals surface area contributed by atoms with Crippen LogP contribution < -0.4 is 5.32 Å². The van der Waals surface area contributed by atoms with E-state index in [0.29, 0.717) is 6.04 Å². The molecule has 0 saturated heterocycles. The van der Waals surface area contributed by atoms with Crippen molar-refractivity contribution in [2.24, 2.45) is 17.8 Å². The van der Waals surface area contributed by atoms with Crippen molar-refractivity contribution in [3.63, 3.8) is 0 Å². The van der Waals surface area contributed by atoms with Gasteiger partial charge < -0.3 is 5.32 Å². The lowest BCUT2D eigenvalue weighted by Gasteiger charge is -2.24. The van der Waals surface area contributed by atoms with Crippen LogP contribution in [0, 0.1) is 17.8 Å². The van der Waals surface area contributed by atoms with Crippen LogP contribution in [0.5, 0.6) is 0 Å². The summed E-state index contributed by atoms with van der Waals surface area (Å²) in [5.74, 6) is 2.76. The minimum Gasteiger partial charge on any atom is -0.314 e. The first-order valence-corrected chi connectivity index (χ1v) is 6.83. The second-order valence-electron chi connectivity index (χ2n) is 5.90. The van der Waals surface area contributed by atoms with Crippen LogP contribution in [0.2, 0.25) is 0 Å². The van der Waals surface area contributed by atoms with Crippen molar-refractivity contribution < 1.29 is 0 Å². The summed E-state index contributed by atoms with van der Waals surface area (Å²) in [4.78, 5) is 0. The van der Waals surface area contributed by atoms with Crippen LogP contribution in [0.15, 0.2) is 0 Å². The summed E-state index contributed by atoms with van der Waals surface area (Å²) in [6, 6.07) is 0.631. The van der Waals surface area contributed by atoms with E-state index in [1.807, 2.05) is 0 Å². The van der Waals surface area contributed by atoms with E-state index in [-0.39, 0.29) is 0 Å². The molecule has 1 saturated carbocycles. The van der Waals surface area contributed by atoms with Crippen LogP contribution in [0.4, 0.5) is 0 Å². The van der Waals surface area contributed by atoms with Gasteiger partial charge in [0.05, 0.1) is 0 Å². The Hall–Kier alpha value is -0.0400. The molecule has 0 bridgehead atoms. The smallest absolute Gasteiger partial charge is 0.00104 e. The molecule has 1 aliphatic rings. The first-order chi connectivity index (χ1) is 7.09. The van der Waals surface area contributed by atoms with Crippen LogP contribution >= 0.6 is 0 Å². The third kappa shape index (κ3) is 5.01. The SMILES string of the molecule is CC(C)NCC(C)C(C)CC1CCCC1. The number of hydrogen-bond acceptors (Lipinski definition) is 1. The van der Waals surface area contributed by atoms with Gasteiger partial charge in [-0.25, -0.2) is 0 Å². The van der Waals surface area contributed by atoms with Gasteiger partial charge in [0.15, 0.2) is 0 Å². The monoisotopic (exact) mass is 211 g/mol. The first-order valence-electron chi connectivity index (χ1n) is 6.83. The second kappa shape index (κ2) is 6.52. The van der Waals surface area contributed by atoms with Gasteiger partial charge >= 0.3 is 0 Å². The Labute approximate surface area is 96.0 Å². The van der Waals surface area contributed by atoms with E-state index in [0.717, 1.165) is 17.8 Å². The average molecular weight is 211 g/mol. The molecule has 0 aliphatic heterocycles. The molecule has 1 N–H and O–H groups in total. The maximum absolute atomic E-state index is 3.55. The standard InChI is InChI=1S/C14H29N/c1-11(2)15-10-13(4)12(3)9-14-7-5-6-8-14/h11-15H,5-10H2,1-4H3. The normalized spacial score (nSPS) is 22.2. The van der Waals surface area contributed by atoms with E-state index >= 15 is 0 Å². The molecular weight excluding hydrogens is 182 g/mol. The van der Waals surface area contributed by atoms with Gasteiger partial charge in [-0.15, -0.1) is 0 Å². The minimum absolute atomic E-state index is 0.631. The van der Waals surface area contributed by atoms with E-state index in [1.54, 1.807) is 0 Å². The van der Waals surface area contributed by atoms with Gasteiger partial charge in [0.2, 0.25) is 0 Å². The summed E-state index contributed by atoms with van der Waals surface area (Å²) in [6.07, 6.45) is 7.41. The minimum atomic E-state index is 0.631. The van der Waals surface area contributed by atoms with Crippen LogP contribution in [-0.4, -0.2) is 12.6 Å². The Balaban J connectivity index is 2.16. The molecular formula is C14H29N. The largest absolute Gasteiger partial charge is 0.314 e. The van der Waals surface area contributed by atoms with Crippen LogP contribution in [-0.2, 0) is 0 Å². The van der Waals surface area contributed by atoms with Gasteiger partial charge in [-0.1, -0.05) is 53.4 Å². The molecule has 2 unspecified atom stereocenters. The van der Waals surface area contributed by atoms with Gasteiger partial charge in [0.1, 0.15) is 0 Å². The zero-order chi connectivity index (χ0) is 11.3. The van der Waals surface area contributed by atoms with Gasteiger partial charge in [0.25, 0.3) is 0 Å². The number of rotatable bonds is 6. The summed E-state index contributed by atoms with van der Waals surface area (Å²) < 4.78 is 0. The van der Waals surface area contributed by atoms with Crippen molar-refractivity contribution in [2.75, 3.05) is 6.54 Å². The Morgan fingerprint density at radius 1 is 1.00 bits per heavy atom. The highest BCUT2D eigenvalue weighted by molar-refractivity contribution is 4.73. The van der Waals surface area contributed by atoms with E-state index in [2.05, 4.69) is 33.0 Å². The van der Waals surface area contributed by atoms with Crippen LogP contribution in [0.3, 0.4) is 0 Å². The third-order valence-corrected chi connectivity index (χ3v) is 4.00. The first kappa shape index (κ1) is 13.0.